The van der Waals surface area contributed by atoms with E-state index in [0.29, 0.717) is 6.54 Å². The minimum atomic E-state index is -0.0642. The van der Waals surface area contributed by atoms with Crippen LogP contribution in [0.2, 0.25) is 0 Å². The maximum absolute atomic E-state index is 11.5. The van der Waals surface area contributed by atoms with Crippen LogP contribution < -0.4 is 5.32 Å². The molecule has 0 aromatic heterocycles. The SMILES string of the molecule is C=C/C(=C\C=C\C(=O)NCC1=CCCC=C1)CC. The van der Waals surface area contributed by atoms with Crippen molar-refractivity contribution in [1.82, 2.24) is 5.32 Å². The molecule has 0 aliphatic heterocycles. The summed E-state index contributed by atoms with van der Waals surface area (Å²) in [5, 5.41) is 2.86. The summed E-state index contributed by atoms with van der Waals surface area (Å²) in [4.78, 5) is 11.5. The molecule has 2 nitrogen and oxygen atoms in total. The first kappa shape index (κ1) is 14.2. The Kier molecular flexibility index (Phi) is 6.55. The molecule has 0 saturated carbocycles. The number of rotatable bonds is 6. The van der Waals surface area contributed by atoms with E-state index in [1.54, 1.807) is 18.2 Å². The molecule has 0 spiro atoms. The summed E-state index contributed by atoms with van der Waals surface area (Å²) in [6.45, 7) is 6.37. The van der Waals surface area contributed by atoms with Gasteiger partial charge in [0.15, 0.2) is 0 Å². The molecule has 18 heavy (non-hydrogen) atoms. The van der Waals surface area contributed by atoms with Crippen molar-refractivity contribution in [2.75, 3.05) is 6.54 Å². The molecule has 1 amide bonds. The predicted octanol–water partition coefficient (Wildman–Crippen LogP) is 3.46. The Morgan fingerprint density at radius 3 is 2.94 bits per heavy atom. The molecule has 1 rings (SSSR count). The second kappa shape index (κ2) is 8.29. The summed E-state index contributed by atoms with van der Waals surface area (Å²) in [5.74, 6) is -0.0642. The second-order valence-corrected chi connectivity index (χ2v) is 4.13. The first-order valence-corrected chi connectivity index (χ1v) is 6.39. The van der Waals surface area contributed by atoms with Gasteiger partial charge in [0.2, 0.25) is 5.91 Å². The zero-order valence-electron chi connectivity index (χ0n) is 11.0. The molecule has 1 aliphatic rings. The zero-order valence-corrected chi connectivity index (χ0v) is 11.0. The van der Waals surface area contributed by atoms with Crippen molar-refractivity contribution < 1.29 is 4.79 Å². The highest BCUT2D eigenvalue weighted by molar-refractivity contribution is 5.88. The lowest BCUT2D eigenvalue weighted by Gasteiger charge is -2.06. The van der Waals surface area contributed by atoms with E-state index in [2.05, 4.69) is 37.0 Å². The van der Waals surface area contributed by atoms with Gasteiger partial charge in [-0.2, -0.15) is 0 Å². The molecule has 0 heterocycles. The van der Waals surface area contributed by atoms with Gasteiger partial charge in [-0.15, -0.1) is 0 Å². The van der Waals surface area contributed by atoms with Crippen molar-refractivity contribution in [1.29, 1.82) is 0 Å². The van der Waals surface area contributed by atoms with Crippen molar-refractivity contribution in [2.45, 2.75) is 26.2 Å². The highest BCUT2D eigenvalue weighted by Crippen LogP contribution is 2.08. The Bertz CT molecular complexity index is 411. The summed E-state index contributed by atoms with van der Waals surface area (Å²) < 4.78 is 0. The normalized spacial score (nSPS) is 15.6. The van der Waals surface area contributed by atoms with Crippen LogP contribution in [0.5, 0.6) is 0 Å². The van der Waals surface area contributed by atoms with Crippen LogP contribution in [0.3, 0.4) is 0 Å². The van der Waals surface area contributed by atoms with Crippen LogP contribution >= 0.6 is 0 Å². The Balaban J connectivity index is 2.35. The molecule has 1 N–H and O–H groups in total. The first-order valence-electron chi connectivity index (χ1n) is 6.39. The van der Waals surface area contributed by atoms with Gasteiger partial charge < -0.3 is 5.32 Å². The Morgan fingerprint density at radius 2 is 2.33 bits per heavy atom. The van der Waals surface area contributed by atoms with E-state index in [-0.39, 0.29) is 5.91 Å². The van der Waals surface area contributed by atoms with Gasteiger partial charge in [0.1, 0.15) is 0 Å². The minimum Gasteiger partial charge on any atom is -0.348 e. The molecule has 0 bridgehead atoms. The summed E-state index contributed by atoms with van der Waals surface area (Å²) in [6, 6.07) is 0. The third-order valence-corrected chi connectivity index (χ3v) is 2.77. The highest BCUT2D eigenvalue weighted by atomic mass is 16.1. The lowest BCUT2D eigenvalue weighted by atomic mass is 10.1. The molecular weight excluding hydrogens is 222 g/mol. The van der Waals surface area contributed by atoms with E-state index >= 15 is 0 Å². The molecule has 0 aromatic rings. The maximum Gasteiger partial charge on any atom is 0.244 e. The Hall–Kier alpha value is -1.83. The molecule has 0 radical (unpaired) electrons. The van der Waals surface area contributed by atoms with E-state index in [9.17, 15) is 4.79 Å². The number of nitrogens with one attached hydrogen (secondary N) is 1. The van der Waals surface area contributed by atoms with E-state index < -0.39 is 0 Å². The maximum atomic E-state index is 11.5. The van der Waals surface area contributed by atoms with Gasteiger partial charge >= 0.3 is 0 Å². The van der Waals surface area contributed by atoms with E-state index in [0.717, 1.165) is 24.8 Å². The van der Waals surface area contributed by atoms with E-state index in [1.165, 1.54) is 5.57 Å². The molecule has 0 aromatic carbocycles. The smallest absolute Gasteiger partial charge is 0.244 e. The Morgan fingerprint density at radius 1 is 1.50 bits per heavy atom. The molecular formula is C16H21NO. The van der Waals surface area contributed by atoms with Gasteiger partial charge in [-0.05, 0) is 30.4 Å². The molecule has 0 saturated heterocycles. The van der Waals surface area contributed by atoms with Crippen LogP contribution in [0.1, 0.15) is 26.2 Å². The van der Waals surface area contributed by atoms with Gasteiger partial charge in [-0.3, -0.25) is 4.79 Å². The number of allylic oxidation sites excluding steroid dienone is 6. The third-order valence-electron chi connectivity index (χ3n) is 2.77. The topological polar surface area (TPSA) is 29.1 Å². The number of hydrogen-bond donors (Lipinski definition) is 1. The standard InChI is InChI=1S/C16H21NO/c1-3-14(4-2)11-8-12-16(18)17-13-15-9-6-5-7-10-15/h3,6,8-12H,1,4-5,7,13H2,2H3,(H,17,18)/b12-8+,14-11+. The molecule has 96 valence electrons. The van der Waals surface area contributed by atoms with Gasteiger partial charge in [-0.1, -0.05) is 50.0 Å². The molecule has 1 aliphatic carbocycles. The number of hydrogen-bond acceptors (Lipinski definition) is 1. The average molecular weight is 243 g/mol. The molecule has 0 atom stereocenters. The fraction of sp³-hybridized carbons (Fsp3) is 0.312. The van der Waals surface area contributed by atoms with Gasteiger partial charge in [0.05, 0.1) is 0 Å². The quantitative estimate of drug-likeness (QED) is 0.562. The Labute approximate surface area is 109 Å². The van der Waals surface area contributed by atoms with Crippen LogP contribution in [0.15, 0.2) is 60.3 Å². The number of carbonyl (C=O) groups excluding carboxylic acids is 1. The van der Waals surface area contributed by atoms with Crippen LogP contribution in [0.25, 0.3) is 0 Å². The van der Waals surface area contributed by atoms with E-state index in [4.69, 9.17) is 0 Å². The predicted molar refractivity (Wildman–Crippen MR) is 77.2 cm³/mol. The first-order chi connectivity index (χ1) is 8.76. The average Bonchev–Trinajstić information content (AvgIpc) is 2.42. The van der Waals surface area contributed by atoms with Crippen molar-refractivity contribution in [3.05, 3.63) is 60.3 Å². The second-order valence-electron chi connectivity index (χ2n) is 4.13. The minimum absolute atomic E-state index is 0.0642. The number of carbonyl (C=O) groups is 1. The summed E-state index contributed by atoms with van der Waals surface area (Å²) in [7, 11) is 0. The van der Waals surface area contributed by atoms with Crippen molar-refractivity contribution in [3.8, 4) is 0 Å². The summed E-state index contributed by atoms with van der Waals surface area (Å²) in [5.41, 5.74) is 2.30. The number of amides is 1. The van der Waals surface area contributed by atoms with Crippen molar-refractivity contribution in [2.24, 2.45) is 0 Å². The van der Waals surface area contributed by atoms with Gasteiger partial charge in [0, 0.05) is 12.6 Å². The summed E-state index contributed by atoms with van der Waals surface area (Å²) >= 11 is 0. The van der Waals surface area contributed by atoms with Crippen LogP contribution in [0, 0.1) is 0 Å². The zero-order chi connectivity index (χ0) is 13.2. The third kappa shape index (κ3) is 5.48. The van der Waals surface area contributed by atoms with Crippen LogP contribution in [0.4, 0.5) is 0 Å². The molecule has 0 fully saturated rings. The van der Waals surface area contributed by atoms with Crippen molar-refractivity contribution in [3.63, 3.8) is 0 Å². The fourth-order valence-electron chi connectivity index (χ4n) is 1.64. The van der Waals surface area contributed by atoms with E-state index in [1.807, 2.05) is 6.08 Å². The largest absolute Gasteiger partial charge is 0.348 e. The fourth-order valence-corrected chi connectivity index (χ4v) is 1.64. The lowest BCUT2D eigenvalue weighted by molar-refractivity contribution is -0.116. The van der Waals surface area contributed by atoms with Gasteiger partial charge in [-0.25, -0.2) is 0 Å². The van der Waals surface area contributed by atoms with Crippen LogP contribution in [-0.4, -0.2) is 12.5 Å². The molecule has 2 heteroatoms. The summed E-state index contributed by atoms with van der Waals surface area (Å²) in [6.07, 6.45) is 16.5. The van der Waals surface area contributed by atoms with Gasteiger partial charge in [0.25, 0.3) is 0 Å². The van der Waals surface area contributed by atoms with Crippen LogP contribution in [-0.2, 0) is 4.79 Å². The highest BCUT2D eigenvalue weighted by Gasteiger charge is 1.99. The lowest BCUT2D eigenvalue weighted by Crippen LogP contribution is -2.23. The molecule has 0 unspecified atom stereocenters. The monoisotopic (exact) mass is 243 g/mol. The van der Waals surface area contributed by atoms with Crippen molar-refractivity contribution >= 4 is 5.91 Å².